The number of amides is 1. The second-order valence-electron chi connectivity index (χ2n) is 6.42. The fraction of sp³-hybridized carbons (Fsp3) is 0.316. The zero-order valence-corrected chi connectivity index (χ0v) is 13.7. The molecular weight excluding hydrogens is 290 g/mol. The lowest BCUT2D eigenvalue weighted by Crippen LogP contribution is -2.50. The Hall–Kier alpha value is -2.17. The van der Waals surface area contributed by atoms with E-state index in [1.165, 1.54) is 4.90 Å². The highest BCUT2D eigenvalue weighted by atomic mass is 16.3. The molecule has 0 spiro atoms. The molecule has 0 unspecified atom stereocenters. The van der Waals surface area contributed by atoms with Gasteiger partial charge < -0.3 is 15.1 Å². The Balaban J connectivity index is 2.49. The van der Waals surface area contributed by atoms with Crippen LogP contribution < -0.4 is 0 Å². The van der Waals surface area contributed by atoms with Gasteiger partial charge in [-0.15, -0.1) is 0 Å². The minimum Gasteiger partial charge on any atom is -0.389 e. The summed E-state index contributed by atoms with van der Waals surface area (Å²) in [5.74, 6) is -0.475. The smallest absolute Gasteiger partial charge is 0.263 e. The lowest BCUT2D eigenvalue weighted by atomic mass is 9.85. The Morgan fingerprint density at radius 3 is 1.65 bits per heavy atom. The van der Waals surface area contributed by atoms with E-state index in [9.17, 15) is 15.0 Å². The molecule has 2 rings (SSSR count). The van der Waals surface area contributed by atoms with Crippen LogP contribution in [0, 0.1) is 0 Å². The molecular formula is C19H23NO3. The Labute approximate surface area is 137 Å². The van der Waals surface area contributed by atoms with Crippen molar-refractivity contribution in [2.75, 3.05) is 13.6 Å². The normalized spacial score (nSPS) is 12.0. The number of aliphatic hydroxyl groups is 2. The Kier molecular flexibility index (Phi) is 4.88. The van der Waals surface area contributed by atoms with Crippen molar-refractivity contribution in [3.8, 4) is 0 Å². The van der Waals surface area contributed by atoms with Gasteiger partial charge in [-0.1, -0.05) is 60.7 Å². The molecule has 0 atom stereocenters. The van der Waals surface area contributed by atoms with Crippen LogP contribution in [0.5, 0.6) is 0 Å². The third kappa shape index (κ3) is 3.78. The third-order valence-electron chi connectivity index (χ3n) is 3.66. The molecule has 0 heterocycles. The van der Waals surface area contributed by atoms with E-state index < -0.39 is 17.1 Å². The molecule has 2 aromatic carbocycles. The molecule has 0 aromatic heterocycles. The summed E-state index contributed by atoms with van der Waals surface area (Å²) in [6.07, 6.45) is 0. The fourth-order valence-corrected chi connectivity index (χ4v) is 2.70. The third-order valence-corrected chi connectivity index (χ3v) is 3.66. The SMILES string of the molecule is CN(CC(C)(C)O)C(=O)C(O)(c1ccccc1)c1ccccc1. The van der Waals surface area contributed by atoms with Gasteiger partial charge in [0.2, 0.25) is 0 Å². The summed E-state index contributed by atoms with van der Waals surface area (Å²) in [7, 11) is 1.58. The number of hydrogen-bond donors (Lipinski definition) is 2. The van der Waals surface area contributed by atoms with E-state index >= 15 is 0 Å². The number of carbonyl (C=O) groups is 1. The van der Waals surface area contributed by atoms with Crippen molar-refractivity contribution < 1.29 is 15.0 Å². The standard InChI is InChI=1S/C19H23NO3/c1-18(2,22)14-20(3)17(21)19(23,15-10-6-4-7-11-15)16-12-8-5-9-13-16/h4-13,22-23H,14H2,1-3H3. The molecule has 0 bridgehead atoms. The number of hydrogen-bond acceptors (Lipinski definition) is 3. The predicted octanol–water partition coefficient (Wildman–Crippen LogP) is 2.15. The van der Waals surface area contributed by atoms with Crippen molar-refractivity contribution >= 4 is 5.91 Å². The number of likely N-dealkylation sites (N-methyl/N-ethyl adjacent to an activating group) is 1. The first-order valence-corrected chi connectivity index (χ1v) is 7.56. The van der Waals surface area contributed by atoms with E-state index in [0.29, 0.717) is 11.1 Å². The molecule has 1 amide bonds. The Bertz CT molecular complexity index is 608. The Morgan fingerprint density at radius 2 is 1.30 bits per heavy atom. The van der Waals surface area contributed by atoms with Gasteiger partial charge in [0, 0.05) is 13.6 Å². The second kappa shape index (κ2) is 6.52. The van der Waals surface area contributed by atoms with Crippen molar-refractivity contribution in [1.82, 2.24) is 4.90 Å². The van der Waals surface area contributed by atoms with Crippen molar-refractivity contribution in [2.45, 2.75) is 25.0 Å². The summed E-state index contributed by atoms with van der Waals surface area (Å²) >= 11 is 0. The maximum atomic E-state index is 13.0. The maximum absolute atomic E-state index is 13.0. The highest BCUT2D eigenvalue weighted by Gasteiger charge is 2.42. The van der Waals surface area contributed by atoms with Gasteiger partial charge in [0.05, 0.1) is 5.60 Å². The summed E-state index contributed by atoms with van der Waals surface area (Å²) in [6.45, 7) is 3.37. The van der Waals surface area contributed by atoms with Gasteiger partial charge in [-0.05, 0) is 25.0 Å². The summed E-state index contributed by atoms with van der Waals surface area (Å²) in [4.78, 5) is 14.4. The van der Waals surface area contributed by atoms with Crippen molar-refractivity contribution in [3.63, 3.8) is 0 Å². The molecule has 0 aliphatic rings. The van der Waals surface area contributed by atoms with Crippen LogP contribution in [0.1, 0.15) is 25.0 Å². The monoisotopic (exact) mass is 313 g/mol. The largest absolute Gasteiger partial charge is 0.389 e. The minimum atomic E-state index is -1.79. The first-order valence-electron chi connectivity index (χ1n) is 7.56. The number of rotatable bonds is 5. The van der Waals surface area contributed by atoms with Gasteiger partial charge >= 0.3 is 0 Å². The summed E-state index contributed by atoms with van der Waals surface area (Å²) < 4.78 is 0. The van der Waals surface area contributed by atoms with Gasteiger partial charge in [0.1, 0.15) is 0 Å². The molecule has 2 N–H and O–H groups in total. The van der Waals surface area contributed by atoms with Crippen molar-refractivity contribution in [2.24, 2.45) is 0 Å². The van der Waals surface area contributed by atoms with E-state index in [-0.39, 0.29) is 6.54 Å². The van der Waals surface area contributed by atoms with Crippen LogP contribution in [0.4, 0.5) is 0 Å². The summed E-state index contributed by atoms with van der Waals surface area (Å²) in [5, 5.41) is 21.3. The number of nitrogens with zero attached hydrogens (tertiary/aromatic N) is 1. The number of carbonyl (C=O) groups excluding carboxylic acids is 1. The van der Waals surface area contributed by atoms with E-state index in [2.05, 4.69) is 0 Å². The maximum Gasteiger partial charge on any atom is 0.263 e. The van der Waals surface area contributed by atoms with Crippen LogP contribution in [-0.2, 0) is 10.4 Å². The molecule has 122 valence electrons. The number of benzene rings is 2. The molecule has 4 heteroatoms. The predicted molar refractivity (Wildman–Crippen MR) is 89.8 cm³/mol. The van der Waals surface area contributed by atoms with E-state index in [1.807, 2.05) is 12.1 Å². The minimum absolute atomic E-state index is 0.119. The average Bonchev–Trinajstić information content (AvgIpc) is 2.53. The van der Waals surface area contributed by atoms with Gasteiger partial charge in [-0.2, -0.15) is 0 Å². The second-order valence-corrected chi connectivity index (χ2v) is 6.42. The van der Waals surface area contributed by atoms with Crippen molar-refractivity contribution in [3.05, 3.63) is 71.8 Å². The quantitative estimate of drug-likeness (QED) is 0.889. The molecule has 23 heavy (non-hydrogen) atoms. The molecule has 0 saturated carbocycles. The van der Waals surface area contributed by atoms with Crippen LogP contribution in [-0.4, -0.2) is 40.2 Å². The van der Waals surface area contributed by atoms with E-state index in [0.717, 1.165) is 0 Å². The lowest BCUT2D eigenvalue weighted by molar-refractivity contribution is -0.149. The van der Waals surface area contributed by atoms with Crippen LogP contribution in [0.3, 0.4) is 0 Å². The average molecular weight is 313 g/mol. The van der Waals surface area contributed by atoms with Gasteiger partial charge in [0.15, 0.2) is 5.60 Å². The van der Waals surface area contributed by atoms with Crippen LogP contribution in [0.2, 0.25) is 0 Å². The lowest BCUT2D eigenvalue weighted by Gasteiger charge is -2.34. The highest BCUT2D eigenvalue weighted by molar-refractivity contribution is 5.90. The molecule has 2 aromatic rings. The van der Waals surface area contributed by atoms with Crippen molar-refractivity contribution in [1.29, 1.82) is 0 Å². The molecule has 0 aliphatic heterocycles. The van der Waals surface area contributed by atoms with Crippen LogP contribution in [0.25, 0.3) is 0 Å². The molecule has 0 aliphatic carbocycles. The first-order chi connectivity index (χ1) is 10.7. The molecule has 0 radical (unpaired) electrons. The topological polar surface area (TPSA) is 60.8 Å². The Morgan fingerprint density at radius 1 is 0.913 bits per heavy atom. The fourth-order valence-electron chi connectivity index (χ4n) is 2.70. The highest BCUT2D eigenvalue weighted by Crippen LogP contribution is 2.31. The zero-order valence-electron chi connectivity index (χ0n) is 13.7. The van der Waals surface area contributed by atoms with E-state index in [4.69, 9.17) is 0 Å². The molecule has 4 nitrogen and oxygen atoms in total. The van der Waals surface area contributed by atoms with E-state index in [1.54, 1.807) is 69.4 Å². The van der Waals surface area contributed by atoms with Gasteiger partial charge in [-0.3, -0.25) is 4.79 Å². The van der Waals surface area contributed by atoms with Crippen LogP contribution in [0.15, 0.2) is 60.7 Å². The molecule has 0 fully saturated rings. The van der Waals surface area contributed by atoms with Gasteiger partial charge in [-0.25, -0.2) is 0 Å². The van der Waals surface area contributed by atoms with Gasteiger partial charge in [0.25, 0.3) is 5.91 Å². The van der Waals surface area contributed by atoms with Crippen LogP contribution >= 0.6 is 0 Å². The zero-order chi connectivity index (χ0) is 17.1. The summed E-state index contributed by atoms with van der Waals surface area (Å²) in [5.41, 5.74) is -1.83. The molecule has 0 saturated heterocycles. The first kappa shape index (κ1) is 17.2. The summed E-state index contributed by atoms with van der Waals surface area (Å²) in [6, 6.07) is 17.7.